The molecule has 6 nitrogen and oxygen atoms in total. The number of hydrogen-bond acceptors (Lipinski definition) is 4. The zero-order valence-corrected chi connectivity index (χ0v) is 15.2. The van der Waals surface area contributed by atoms with E-state index in [1.165, 1.54) is 10.3 Å². The third-order valence-corrected chi connectivity index (χ3v) is 5.24. The molecule has 0 bridgehead atoms. The van der Waals surface area contributed by atoms with Crippen molar-refractivity contribution in [2.75, 3.05) is 26.4 Å². The van der Waals surface area contributed by atoms with E-state index < -0.39 is 6.04 Å². The smallest absolute Gasteiger partial charge is 0.324 e. The van der Waals surface area contributed by atoms with Gasteiger partial charge in [-0.05, 0) is 42.2 Å². The highest BCUT2D eigenvalue weighted by atomic mass is 16.5. The number of hydrogen-bond donors (Lipinski definition) is 1. The number of carbonyl (C=O) groups excluding carboxylic acids is 2. The van der Waals surface area contributed by atoms with E-state index >= 15 is 0 Å². The van der Waals surface area contributed by atoms with E-state index in [0.29, 0.717) is 26.2 Å². The van der Waals surface area contributed by atoms with Crippen molar-refractivity contribution in [2.24, 2.45) is 5.92 Å². The molecule has 142 valence electrons. The maximum atomic E-state index is 12.6. The fourth-order valence-corrected chi connectivity index (χ4v) is 3.77. The lowest BCUT2D eigenvalue weighted by molar-refractivity contribution is -0.129. The lowest BCUT2D eigenvalue weighted by atomic mass is 9.94. The number of amides is 3. The van der Waals surface area contributed by atoms with Gasteiger partial charge in [0.25, 0.3) is 5.91 Å². The van der Waals surface area contributed by atoms with E-state index in [1.807, 2.05) is 36.4 Å². The van der Waals surface area contributed by atoms with Crippen molar-refractivity contribution >= 4 is 22.7 Å². The van der Waals surface area contributed by atoms with Crippen molar-refractivity contribution in [1.82, 2.24) is 10.2 Å². The van der Waals surface area contributed by atoms with Gasteiger partial charge in [0.15, 0.2) is 0 Å². The Morgan fingerprint density at radius 2 is 2.00 bits per heavy atom. The Bertz CT molecular complexity index is 832. The molecular weight excluding hydrogens is 344 g/mol. The van der Waals surface area contributed by atoms with Gasteiger partial charge in [0.1, 0.15) is 11.8 Å². The first kappa shape index (κ1) is 17.8. The van der Waals surface area contributed by atoms with E-state index in [4.69, 9.17) is 9.47 Å². The largest absolute Gasteiger partial charge is 0.494 e. The molecule has 2 unspecified atom stereocenters. The van der Waals surface area contributed by atoms with Crippen LogP contribution in [0.25, 0.3) is 10.8 Å². The van der Waals surface area contributed by atoms with Crippen molar-refractivity contribution in [2.45, 2.75) is 25.3 Å². The van der Waals surface area contributed by atoms with Gasteiger partial charge >= 0.3 is 6.03 Å². The summed E-state index contributed by atoms with van der Waals surface area (Å²) in [6.45, 7) is 2.09. The Morgan fingerprint density at radius 1 is 1.15 bits per heavy atom. The fourth-order valence-electron chi connectivity index (χ4n) is 3.77. The second-order valence-electron chi connectivity index (χ2n) is 7.11. The van der Waals surface area contributed by atoms with E-state index in [9.17, 15) is 9.59 Å². The normalized spacial score (nSPS) is 22.9. The second kappa shape index (κ2) is 7.96. The summed E-state index contributed by atoms with van der Waals surface area (Å²) in [5, 5.41) is 5.11. The molecule has 27 heavy (non-hydrogen) atoms. The van der Waals surface area contributed by atoms with E-state index in [0.717, 1.165) is 30.6 Å². The summed E-state index contributed by atoms with van der Waals surface area (Å²) in [6, 6.07) is 13.3. The molecule has 0 radical (unpaired) electrons. The van der Waals surface area contributed by atoms with Crippen LogP contribution < -0.4 is 10.1 Å². The summed E-state index contributed by atoms with van der Waals surface area (Å²) >= 11 is 0. The predicted molar refractivity (Wildman–Crippen MR) is 102 cm³/mol. The van der Waals surface area contributed by atoms with Crippen LogP contribution in [0.15, 0.2) is 42.5 Å². The molecule has 0 spiro atoms. The summed E-state index contributed by atoms with van der Waals surface area (Å²) in [6.07, 6.45) is 2.44. The van der Waals surface area contributed by atoms with E-state index in [-0.39, 0.29) is 17.9 Å². The van der Waals surface area contributed by atoms with Crippen LogP contribution in [0.2, 0.25) is 0 Å². The molecule has 2 aliphatic heterocycles. The number of imide groups is 1. The van der Waals surface area contributed by atoms with Gasteiger partial charge in [-0.3, -0.25) is 9.69 Å². The van der Waals surface area contributed by atoms with Crippen molar-refractivity contribution in [3.05, 3.63) is 42.5 Å². The summed E-state index contributed by atoms with van der Waals surface area (Å²) in [4.78, 5) is 26.0. The summed E-state index contributed by atoms with van der Waals surface area (Å²) in [7, 11) is 0. The molecule has 4 rings (SSSR count). The Labute approximate surface area is 158 Å². The van der Waals surface area contributed by atoms with Gasteiger partial charge in [0, 0.05) is 19.1 Å². The van der Waals surface area contributed by atoms with E-state index in [1.54, 1.807) is 0 Å². The number of ether oxygens (including phenoxy) is 2. The minimum Gasteiger partial charge on any atom is -0.494 e. The number of fused-ring (bicyclic) bond motifs is 1. The first-order valence-corrected chi connectivity index (χ1v) is 9.53. The molecule has 2 heterocycles. The summed E-state index contributed by atoms with van der Waals surface area (Å²) in [5.41, 5.74) is 0. The lowest BCUT2D eigenvalue weighted by Crippen LogP contribution is -2.41. The van der Waals surface area contributed by atoms with Gasteiger partial charge in [-0.2, -0.15) is 0 Å². The highest BCUT2D eigenvalue weighted by molar-refractivity contribution is 6.04. The van der Waals surface area contributed by atoms with Crippen LogP contribution in [0.1, 0.15) is 19.3 Å². The lowest BCUT2D eigenvalue weighted by Gasteiger charge is -2.25. The van der Waals surface area contributed by atoms with Crippen molar-refractivity contribution in [3.8, 4) is 5.75 Å². The van der Waals surface area contributed by atoms with Gasteiger partial charge < -0.3 is 14.8 Å². The third-order valence-electron chi connectivity index (χ3n) is 5.24. The zero-order chi connectivity index (χ0) is 18.6. The van der Waals surface area contributed by atoms with Gasteiger partial charge in [-0.25, -0.2) is 4.79 Å². The highest BCUT2D eigenvalue weighted by Gasteiger charge is 2.42. The van der Waals surface area contributed by atoms with Gasteiger partial charge in [-0.15, -0.1) is 0 Å². The molecule has 2 fully saturated rings. The van der Waals surface area contributed by atoms with Gasteiger partial charge in [0.2, 0.25) is 0 Å². The Balaban J connectivity index is 1.28. The zero-order valence-electron chi connectivity index (χ0n) is 15.2. The van der Waals surface area contributed by atoms with Crippen LogP contribution in [0, 0.1) is 5.92 Å². The number of urea groups is 1. The minimum atomic E-state index is -0.445. The first-order valence-electron chi connectivity index (χ1n) is 9.53. The molecule has 2 atom stereocenters. The number of benzene rings is 2. The molecule has 2 aliphatic rings. The monoisotopic (exact) mass is 368 g/mol. The Hall–Kier alpha value is -2.60. The fraction of sp³-hybridized carbons (Fsp3) is 0.429. The highest BCUT2D eigenvalue weighted by Crippen LogP contribution is 2.23. The minimum absolute atomic E-state index is 0.0778. The molecule has 0 aromatic heterocycles. The topological polar surface area (TPSA) is 67.9 Å². The van der Waals surface area contributed by atoms with Crippen molar-refractivity contribution < 1.29 is 19.1 Å². The van der Waals surface area contributed by atoms with Crippen molar-refractivity contribution in [1.29, 1.82) is 0 Å². The SMILES string of the molecule is O=C1NC(C2CCCOC2)C(=O)N1CCCOc1ccc2ccccc2c1. The van der Waals surface area contributed by atoms with Crippen LogP contribution in [0.5, 0.6) is 5.75 Å². The van der Waals surface area contributed by atoms with Gasteiger partial charge in [-0.1, -0.05) is 30.3 Å². The molecule has 2 saturated heterocycles. The van der Waals surface area contributed by atoms with Crippen molar-refractivity contribution in [3.63, 3.8) is 0 Å². The first-order chi connectivity index (χ1) is 13.2. The number of nitrogens with one attached hydrogen (secondary N) is 1. The number of rotatable bonds is 6. The van der Waals surface area contributed by atoms with E-state index in [2.05, 4.69) is 11.4 Å². The molecule has 2 aromatic rings. The predicted octanol–water partition coefficient (Wildman–Crippen LogP) is 2.96. The maximum Gasteiger partial charge on any atom is 0.324 e. The summed E-state index contributed by atoms with van der Waals surface area (Å²) < 4.78 is 11.2. The van der Waals surface area contributed by atoms with Crippen LogP contribution in [-0.2, 0) is 9.53 Å². The van der Waals surface area contributed by atoms with Crippen LogP contribution in [0.3, 0.4) is 0 Å². The van der Waals surface area contributed by atoms with Crippen LogP contribution in [-0.4, -0.2) is 49.2 Å². The molecule has 0 saturated carbocycles. The van der Waals surface area contributed by atoms with Gasteiger partial charge in [0.05, 0.1) is 13.2 Å². The Morgan fingerprint density at radius 3 is 2.81 bits per heavy atom. The number of carbonyl (C=O) groups is 2. The Kier molecular flexibility index (Phi) is 5.25. The molecule has 1 N–H and O–H groups in total. The third kappa shape index (κ3) is 3.90. The molecular formula is C21H24N2O4. The standard InChI is InChI=1S/C21H24N2O4/c24-20-19(17-7-3-11-26-14-17)22-21(25)23(20)10-4-12-27-18-9-8-15-5-1-2-6-16(15)13-18/h1-2,5-6,8-9,13,17,19H,3-4,7,10-12,14H2,(H,22,25). The average Bonchev–Trinajstić information content (AvgIpc) is 3.00. The average molecular weight is 368 g/mol. The quantitative estimate of drug-likeness (QED) is 0.629. The second-order valence-corrected chi connectivity index (χ2v) is 7.11. The molecule has 0 aliphatic carbocycles. The summed E-state index contributed by atoms with van der Waals surface area (Å²) in [5.74, 6) is 0.735. The maximum absolute atomic E-state index is 12.6. The molecule has 2 aromatic carbocycles. The molecule has 6 heteroatoms. The number of nitrogens with zero attached hydrogens (tertiary/aromatic N) is 1. The molecule has 3 amide bonds. The van der Waals surface area contributed by atoms with Crippen LogP contribution in [0.4, 0.5) is 4.79 Å². The van der Waals surface area contributed by atoms with Crippen LogP contribution >= 0.6 is 0 Å².